The smallest absolute Gasteiger partial charge is 0.338 e. The van der Waals surface area contributed by atoms with Crippen molar-refractivity contribution in [3.05, 3.63) is 269 Å². The third-order valence-electron chi connectivity index (χ3n) is 17.1. The Morgan fingerprint density at radius 3 is 1.57 bits per heavy atom. The van der Waals surface area contributed by atoms with Gasteiger partial charge in [-0.25, -0.2) is 23.5 Å². The SMILES string of the molecule is Cc1cn(C2CC(CO[Si](c3ccccc3)(c3ccccc3)C(C)(C)C)C(COCc3ccccc3)(C(N)CNC3OC(n4cc(C)c(=O)n(COCc5ccccc5)c4=O)CC3OC(=O)c3ccccc3)C2)c(=O)n(COCc2ccccc2)c1=O. The highest BCUT2D eigenvalue weighted by Gasteiger charge is 2.56. The van der Waals surface area contributed by atoms with Gasteiger partial charge in [0.05, 0.1) is 32.0 Å². The molecule has 0 spiro atoms. The largest absolute Gasteiger partial charge is 0.454 e. The van der Waals surface area contributed by atoms with Gasteiger partial charge in [-0.2, -0.15) is 0 Å². The summed E-state index contributed by atoms with van der Waals surface area (Å²) in [7, 11) is -3.20. The number of aromatic nitrogens is 4. The minimum Gasteiger partial charge on any atom is -0.454 e. The van der Waals surface area contributed by atoms with Gasteiger partial charge in [-0.15, -0.1) is 0 Å². The highest BCUT2D eigenvalue weighted by Crippen LogP contribution is 2.52. The minimum absolute atomic E-state index is 0.0310. The first-order valence-corrected chi connectivity index (χ1v) is 31.6. The van der Waals surface area contributed by atoms with Crippen LogP contribution in [0.3, 0.4) is 0 Å². The summed E-state index contributed by atoms with van der Waals surface area (Å²) in [5.74, 6) is -0.976. The van der Waals surface area contributed by atoms with Crippen molar-refractivity contribution in [3.8, 4) is 0 Å². The molecule has 18 heteroatoms. The van der Waals surface area contributed by atoms with Gasteiger partial charge >= 0.3 is 17.3 Å². The van der Waals surface area contributed by atoms with Gasteiger partial charge in [-0.3, -0.25) is 24.0 Å². The van der Waals surface area contributed by atoms with E-state index in [4.69, 9.17) is 33.8 Å². The number of nitrogens with one attached hydrogen (secondary N) is 1. The summed E-state index contributed by atoms with van der Waals surface area (Å²) < 4.78 is 44.9. The second-order valence-electron chi connectivity index (χ2n) is 23.9. The number of esters is 1. The van der Waals surface area contributed by atoms with E-state index in [1.54, 1.807) is 54.9 Å². The molecule has 8 aromatic rings. The van der Waals surface area contributed by atoms with E-state index < -0.39 is 77.9 Å². The molecule has 2 fully saturated rings. The van der Waals surface area contributed by atoms with E-state index in [9.17, 15) is 24.0 Å². The van der Waals surface area contributed by atoms with Crippen LogP contribution in [0.4, 0.5) is 0 Å². The molecule has 3 N–H and O–H groups in total. The molecule has 1 aliphatic heterocycles. The summed E-state index contributed by atoms with van der Waals surface area (Å²) >= 11 is 0. The third-order valence-corrected chi connectivity index (χ3v) is 22.1. The standard InChI is InChI=1S/C69H78N6O11Si/c1-49-40-72(66(79)74(63(49)76)47-82-43-52-26-14-7-15-27-52)56-36-55(45-84-87(68(3,4)5,57-32-20-10-21-33-57)58-34-22-11-23-35-58)69(38-56,46-81-42-51-24-12-6-13-25-51)60(70)39-71-62-59(85-65(78)54-30-18-9-19-31-54)37-61(86-62)73-41-50(2)64(77)75(67(73)80)48-83-44-53-28-16-8-17-29-53/h6-35,40-41,55-56,59-62,71H,36-39,42-48,70H2,1-5H3. The number of carbonyl (C=O) groups excluding carboxylic acids is 1. The maximum Gasteiger partial charge on any atom is 0.338 e. The lowest BCUT2D eigenvalue weighted by molar-refractivity contribution is -0.0547. The molecule has 0 radical (unpaired) electrons. The molecule has 2 aromatic heterocycles. The Kier molecular flexibility index (Phi) is 19.9. The lowest BCUT2D eigenvalue weighted by Gasteiger charge is -2.46. The first kappa shape index (κ1) is 62.1. The number of hydrogen-bond acceptors (Lipinski definition) is 13. The van der Waals surface area contributed by atoms with Crippen LogP contribution in [0.1, 0.15) is 90.5 Å². The van der Waals surface area contributed by atoms with Gasteiger partial charge in [0, 0.05) is 60.6 Å². The average Bonchev–Trinajstić information content (AvgIpc) is 1.84. The van der Waals surface area contributed by atoms with E-state index in [2.05, 4.69) is 50.4 Å². The van der Waals surface area contributed by atoms with E-state index in [-0.39, 0.29) is 70.9 Å². The van der Waals surface area contributed by atoms with Crippen molar-refractivity contribution < 1.29 is 32.9 Å². The number of ether oxygens (including phenoxy) is 5. The quantitative estimate of drug-likeness (QED) is 0.0411. The summed E-state index contributed by atoms with van der Waals surface area (Å²) in [6.45, 7) is 10.5. The Bertz CT molecular complexity index is 3770. The zero-order valence-electron chi connectivity index (χ0n) is 50.1. The molecule has 1 aliphatic carbocycles. The predicted molar refractivity (Wildman–Crippen MR) is 336 cm³/mol. The molecule has 2 aliphatic rings. The van der Waals surface area contributed by atoms with Crippen LogP contribution >= 0.6 is 0 Å². The second-order valence-corrected chi connectivity index (χ2v) is 28.3. The zero-order chi connectivity index (χ0) is 61.1. The zero-order valence-corrected chi connectivity index (χ0v) is 51.1. The number of carbonyl (C=O) groups is 1. The van der Waals surface area contributed by atoms with Crippen LogP contribution in [-0.2, 0) is 61.4 Å². The number of benzene rings is 6. The molecular formula is C69H78N6O11Si. The van der Waals surface area contributed by atoms with Crippen LogP contribution in [0, 0.1) is 25.2 Å². The van der Waals surface area contributed by atoms with Crippen molar-refractivity contribution in [2.45, 2.75) is 123 Å². The number of rotatable bonds is 25. The maximum absolute atomic E-state index is 15.0. The number of nitrogens with two attached hydrogens (primary N) is 1. The van der Waals surface area contributed by atoms with Crippen LogP contribution < -0.4 is 43.9 Å². The van der Waals surface area contributed by atoms with E-state index >= 15 is 0 Å². The highest BCUT2D eigenvalue weighted by atomic mass is 28.4. The van der Waals surface area contributed by atoms with E-state index in [0.717, 1.165) is 36.2 Å². The molecule has 454 valence electrons. The van der Waals surface area contributed by atoms with Crippen molar-refractivity contribution in [1.29, 1.82) is 0 Å². The van der Waals surface area contributed by atoms with Crippen molar-refractivity contribution in [1.82, 2.24) is 23.6 Å². The summed E-state index contributed by atoms with van der Waals surface area (Å²) in [6.07, 6.45) is 0.890. The van der Waals surface area contributed by atoms with Crippen LogP contribution in [-0.4, -0.2) is 70.7 Å². The Hall–Kier alpha value is -7.91. The first-order valence-electron chi connectivity index (χ1n) is 29.7. The molecule has 7 unspecified atom stereocenters. The monoisotopic (exact) mass is 1190 g/mol. The van der Waals surface area contributed by atoms with Gasteiger partial charge in [0.15, 0.2) is 0 Å². The fraction of sp³-hybridized carbons (Fsp3) is 0.348. The second kappa shape index (κ2) is 27.8. The van der Waals surface area contributed by atoms with E-state index in [1.165, 1.54) is 10.8 Å². The molecule has 1 saturated carbocycles. The average molecular weight is 1200 g/mol. The van der Waals surface area contributed by atoms with Gasteiger partial charge in [0.25, 0.3) is 19.4 Å². The minimum atomic E-state index is -3.20. The van der Waals surface area contributed by atoms with Gasteiger partial charge < -0.3 is 33.8 Å². The van der Waals surface area contributed by atoms with Crippen molar-refractivity contribution >= 4 is 24.7 Å². The third kappa shape index (κ3) is 13.9. The molecule has 0 bridgehead atoms. The number of nitrogens with zero attached hydrogens (tertiary/aromatic N) is 4. The lowest BCUT2D eigenvalue weighted by Crippen LogP contribution is -2.67. The van der Waals surface area contributed by atoms with Crippen LogP contribution in [0.2, 0.25) is 5.04 Å². The molecular weight excluding hydrogens is 1120 g/mol. The maximum atomic E-state index is 15.0. The van der Waals surface area contributed by atoms with Gasteiger partial charge in [-0.1, -0.05) is 191 Å². The summed E-state index contributed by atoms with van der Waals surface area (Å²) in [6, 6.07) is 57.1. The normalized spacial score (nSPS) is 19.9. The molecule has 87 heavy (non-hydrogen) atoms. The molecule has 17 nitrogen and oxygen atoms in total. The van der Waals surface area contributed by atoms with Crippen molar-refractivity contribution in [3.63, 3.8) is 0 Å². The van der Waals surface area contributed by atoms with Crippen LogP contribution in [0.15, 0.2) is 214 Å². The van der Waals surface area contributed by atoms with E-state index in [1.807, 2.05) is 127 Å². The van der Waals surface area contributed by atoms with Crippen LogP contribution in [0.5, 0.6) is 0 Å². The Morgan fingerprint density at radius 2 is 1.08 bits per heavy atom. The predicted octanol–water partition coefficient (Wildman–Crippen LogP) is 8.12. The summed E-state index contributed by atoms with van der Waals surface area (Å²) in [5.41, 5.74) is 8.42. The Labute approximate surface area is 508 Å². The van der Waals surface area contributed by atoms with Crippen molar-refractivity contribution in [2.24, 2.45) is 17.1 Å². The summed E-state index contributed by atoms with van der Waals surface area (Å²) in [5, 5.41) is 5.36. The van der Waals surface area contributed by atoms with Gasteiger partial charge in [-0.05, 0) is 76.8 Å². The van der Waals surface area contributed by atoms with Crippen LogP contribution in [0.25, 0.3) is 0 Å². The molecule has 0 amide bonds. The highest BCUT2D eigenvalue weighted by molar-refractivity contribution is 6.99. The summed E-state index contributed by atoms with van der Waals surface area (Å²) in [4.78, 5) is 70.9. The molecule has 1 saturated heterocycles. The molecule has 3 heterocycles. The lowest BCUT2D eigenvalue weighted by atomic mass is 9.72. The Morgan fingerprint density at radius 1 is 0.632 bits per heavy atom. The van der Waals surface area contributed by atoms with Gasteiger partial charge in [0.1, 0.15) is 32.0 Å². The number of hydrogen-bond donors (Lipinski definition) is 2. The first-order chi connectivity index (χ1) is 42.1. The fourth-order valence-corrected chi connectivity index (χ4v) is 17.2. The van der Waals surface area contributed by atoms with E-state index in [0.29, 0.717) is 24.0 Å². The fourth-order valence-electron chi connectivity index (χ4n) is 12.6. The number of aryl methyl sites for hydroxylation is 2. The molecule has 10 rings (SSSR count). The van der Waals surface area contributed by atoms with Gasteiger partial charge in [0.2, 0.25) is 0 Å². The topological polar surface area (TPSA) is 198 Å². The Balaban J connectivity index is 1.03. The molecule has 7 atom stereocenters. The molecule has 6 aromatic carbocycles. The van der Waals surface area contributed by atoms with Crippen molar-refractivity contribution in [2.75, 3.05) is 19.8 Å².